The molecule has 1 aromatic carbocycles. The molecule has 4 aliphatic carbocycles. The molecule has 0 aromatic heterocycles. The molecule has 5 fully saturated rings. The van der Waals surface area contributed by atoms with Crippen molar-refractivity contribution in [2.45, 2.75) is 44.6 Å². The van der Waals surface area contributed by atoms with Crippen molar-refractivity contribution >= 4 is 28.5 Å². The molecule has 4 bridgehead atoms. The molecule has 2 unspecified atom stereocenters. The number of methoxy groups -OCH3 is 1. The molecule has 4 saturated carbocycles. The van der Waals surface area contributed by atoms with E-state index in [1.54, 1.807) is 29.6 Å². The van der Waals surface area contributed by atoms with Crippen LogP contribution in [0.5, 0.6) is 5.75 Å². The van der Waals surface area contributed by atoms with Gasteiger partial charge in [0.05, 0.1) is 19.3 Å². The highest BCUT2D eigenvalue weighted by Gasteiger charge is 2.58. The first-order valence-electron chi connectivity index (χ1n) is 11.8. The van der Waals surface area contributed by atoms with Gasteiger partial charge in [0.1, 0.15) is 5.75 Å². The minimum absolute atomic E-state index is 0.0302. The quantitative estimate of drug-likeness (QED) is 0.495. The molecular formula is C23H34N4O5S. The lowest BCUT2D eigenvalue weighted by atomic mass is 9.47. The summed E-state index contributed by atoms with van der Waals surface area (Å²) in [5.74, 6) is 1.30. The van der Waals surface area contributed by atoms with Gasteiger partial charge in [-0.25, -0.2) is 0 Å². The van der Waals surface area contributed by atoms with Crippen molar-refractivity contribution < 1.29 is 23.4 Å². The summed E-state index contributed by atoms with van der Waals surface area (Å²) in [4.78, 5) is 25.2. The fourth-order valence-corrected chi connectivity index (χ4v) is 8.64. The number of nitrogens with zero attached hydrogens (tertiary/aromatic N) is 2. The zero-order valence-corrected chi connectivity index (χ0v) is 19.8. The van der Waals surface area contributed by atoms with E-state index in [0.717, 1.165) is 32.1 Å². The highest BCUT2D eigenvalue weighted by atomic mass is 32.3. The maximum absolute atomic E-state index is 13.1. The second-order valence-corrected chi connectivity index (χ2v) is 12.2. The van der Waals surface area contributed by atoms with E-state index in [0.29, 0.717) is 36.9 Å². The van der Waals surface area contributed by atoms with E-state index in [1.165, 1.54) is 4.31 Å². The number of anilines is 1. The first kappa shape index (κ1) is 22.8. The van der Waals surface area contributed by atoms with Gasteiger partial charge in [0, 0.05) is 30.6 Å². The minimum atomic E-state index is -3.33. The van der Waals surface area contributed by atoms with Crippen LogP contribution in [0.3, 0.4) is 0 Å². The Balaban J connectivity index is 1.26. The van der Waals surface area contributed by atoms with Gasteiger partial charge in [-0.05, 0) is 68.4 Å². The molecule has 6 rings (SSSR count). The smallest absolute Gasteiger partial charge is 0.236 e. The Bertz CT molecular complexity index is 927. The zero-order chi connectivity index (χ0) is 23.4. The number of amides is 2. The van der Waals surface area contributed by atoms with E-state index in [4.69, 9.17) is 10.5 Å². The highest BCUT2D eigenvalue weighted by Crippen LogP contribution is 2.60. The summed E-state index contributed by atoms with van der Waals surface area (Å²) in [6, 6.07) is 7.21. The lowest BCUT2D eigenvalue weighted by Gasteiger charge is -2.59. The number of nitrogens with one attached hydrogen (secondary N) is 1. The standard InChI is InChI=1S/C23H34N4O5S/c1-32-19-5-2-4-18(10-19)27-7-3-6-26(33(27,30)31)14-20(28)25-21-16-8-15-9-17(21)13-23(11-15,12-16)22(24)29/h2,4-5,10,15-17,21,30-31H,3,6-9,11-14H2,1H3,(H2,24,29)(H,25,28). The predicted octanol–water partition coefficient (Wildman–Crippen LogP) is 2.58. The van der Waals surface area contributed by atoms with Crippen LogP contribution in [-0.4, -0.2) is 58.0 Å². The van der Waals surface area contributed by atoms with E-state index in [1.807, 2.05) is 6.07 Å². The number of ether oxygens (including phenoxy) is 1. The average molecular weight is 479 g/mol. The number of hydrogen-bond acceptors (Lipinski definition) is 7. The maximum Gasteiger partial charge on any atom is 0.236 e. The number of nitrogens with two attached hydrogens (primary N) is 1. The molecular weight excluding hydrogens is 444 g/mol. The van der Waals surface area contributed by atoms with Crippen LogP contribution < -0.4 is 20.1 Å². The number of rotatable bonds is 6. The van der Waals surface area contributed by atoms with Gasteiger partial charge in [0.2, 0.25) is 11.8 Å². The van der Waals surface area contributed by atoms with Crippen molar-refractivity contribution in [3.63, 3.8) is 0 Å². The van der Waals surface area contributed by atoms with Crippen LogP contribution in [0.2, 0.25) is 0 Å². The molecule has 33 heavy (non-hydrogen) atoms. The largest absolute Gasteiger partial charge is 0.497 e. The van der Waals surface area contributed by atoms with Crippen molar-refractivity contribution in [3.05, 3.63) is 24.3 Å². The fourth-order valence-electron chi connectivity index (χ4n) is 6.93. The Kier molecular flexibility index (Phi) is 5.75. The predicted molar refractivity (Wildman–Crippen MR) is 126 cm³/mol. The number of benzene rings is 1. The van der Waals surface area contributed by atoms with E-state index >= 15 is 0 Å². The van der Waals surface area contributed by atoms with Crippen LogP contribution in [0.1, 0.15) is 38.5 Å². The van der Waals surface area contributed by atoms with Gasteiger partial charge in [-0.2, -0.15) is 4.31 Å². The topological polar surface area (TPSA) is 128 Å². The van der Waals surface area contributed by atoms with E-state index in [-0.39, 0.29) is 36.2 Å². The Labute approximate surface area is 196 Å². The van der Waals surface area contributed by atoms with Crippen LogP contribution in [0, 0.1) is 23.2 Å². The maximum atomic E-state index is 13.1. The third-order valence-corrected chi connectivity index (χ3v) is 10.2. The second-order valence-electron chi connectivity index (χ2n) is 10.2. The molecule has 1 aromatic rings. The molecule has 1 aliphatic heterocycles. The minimum Gasteiger partial charge on any atom is -0.497 e. The van der Waals surface area contributed by atoms with E-state index < -0.39 is 16.4 Å². The number of carbonyl (C=O) groups is 2. The van der Waals surface area contributed by atoms with Crippen LogP contribution >= 0.6 is 11.0 Å². The van der Waals surface area contributed by atoms with Crippen LogP contribution in [0.4, 0.5) is 5.69 Å². The Morgan fingerprint density at radius 3 is 2.61 bits per heavy atom. The summed E-state index contributed by atoms with van der Waals surface area (Å²) in [7, 11) is -1.76. The molecule has 1 heterocycles. The second kappa shape index (κ2) is 8.33. The summed E-state index contributed by atoms with van der Waals surface area (Å²) >= 11 is 0. The van der Waals surface area contributed by atoms with Crippen molar-refractivity contribution in [1.82, 2.24) is 9.62 Å². The molecule has 2 atom stereocenters. The summed E-state index contributed by atoms with van der Waals surface area (Å²) in [6.45, 7) is 0.834. The van der Waals surface area contributed by atoms with Gasteiger partial charge in [-0.1, -0.05) is 17.0 Å². The first-order chi connectivity index (χ1) is 15.7. The lowest BCUT2D eigenvalue weighted by Crippen LogP contribution is -2.62. The van der Waals surface area contributed by atoms with Gasteiger partial charge in [0.25, 0.3) is 0 Å². The first-order valence-corrected chi connectivity index (χ1v) is 13.2. The van der Waals surface area contributed by atoms with E-state index in [2.05, 4.69) is 5.32 Å². The third kappa shape index (κ3) is 3.96. The highest BCUT2D eigenvalue weighted by molar-refractivity contribution is 8.23. The molecule has 5 aliphatic rings. The van der Waals surface area contributed by atoms with Gasteiger partial charge in [-0.15, -0.1) is 0 Å². The van der Waals surface area contributed by atoms with Gasteiger partial charge in [-0.3, -0.25) is 23.0 Å². The van der Waals surface area contributed by atoms with Gasteiger partial charge in [0.15, 0.2) is 0 Å². The number of hydrogen-bond donors (Lipinski definition) is 4. The summed E-state index contributed by atoms with van der Waals surface area (Å²) in [5.41, 5.74) is 6.03. The fraction of sp³-hybridized carbons (Fsp3) is 0.652. The van der Waals surface area contributed by atoms with Crippen LogP contribution in [-0.2, 0) is 9.59 Å². The normalized spacial score (nSPS) is 35.8. The Hall–Kier alpha value is -2.01. The Morgan fingerprint density at radius 2 is 1.94 bits per heavy atom. The van der Waals surface area contributed by atoms with Crippen molar-refractivity contribution in [2.75, 3.05) is 31.0 Å². The monoisotopic (exact) mass is 478 g/mol. The molecule has 2 amide bonds. The molecule has 0 radical (unpaired) electrons. The van der Waals surface area contributed by atoms with Crippen molar-refractivity contribution in [3.8, 4) is 5.75 Å². The zero-order valence-electron chi connectivity index (χ0n) is 19.0. The summed E-state index contributed by atoms with van der Waals surface area (Å²) in [5, 5.41) is 3.20. The van der Waals surface area contributed by atoms with Crippen molar-refractivity contribution in [1.29, 1.82) is 0 Å². The van der Waals surface area contributed by atoms with Crippen LogP contribution in [0.25, 0.3) is 0 Å². The average Bonchev–Trinajstić information content (AvgIpc) is 2.77. The summed E-state index contributed by atoms with van der Waals surface area (Å²) in [6.07, 6.45) is 5.16. The Morgan fingerprint density at radius 1 is 1.21 bits per heavy atom. The lowest BCUT2D eigenvalue weighted by molar-refractivity contribution is -0.147. The number of primary amides is 1. The molecule has 10 heteroatoms. The summed E-state index contributed by atoms with van der Waals surface area (Å²) < 4.78 is 30.5. The molecule has 5 N–H and O–H groups in total. The molecule has 182 valence electrons. The van der Waals surface area contributed by atoms with Crippen LogP contribution in [0.15, 0.2) is 24.3 Å². The third-order valence-electron chi connectivity index (χ3n) is 8.20. The number of carbonyl (C=O) groups excluding carboxylic acids is 2. The van der Waals surface area contributed by atoms with Gasteiger partial charge < -0.3 is 15.8 Å². The van der Waals surface area contributed by atoms with Crippen molar-refractivity contribution in [2.24, 2.45) is 28.9 Å². The van der Waals surface area contributed by atoms with E-state index in [9.17, 15) is 18.7 Å². The van der Waals surface area contributed by atoms with Gasteiger partial charge >= 0.3 is 0 Å². The molecule has 9 nitrogen and oxygen atoms in total. The molecule has 1 saturated heterocycles. The molecule has 0 spiro atoms. The SMILES string of the molecule is COc1cccc(N2CCCN(CC(=O)NC3C4CC5CC3CC(C(N)=O)(C5)C4)S2(O)O)c1.